The van der Waals surface area contributed by atoms with Crippen LogP contribution >= 0.6 is 0 Å². The molecule has 0 heterocycles. The van der Waals surface area contributed by atoms with Gasteiger partial charge in [-0.2, -0.15) is 0 Å². The van der Waals surface area contributed by atoms with Gasteiger partial charge in [-0.1, -0.05) is 55.8 Å². The van der Waals surface area contributed by atoms with Crippen LogP contribution < -0.4 is 10.6 Å². The van der Waals surface area contributed by atoms with Crippen LogP contribution in [0.1, 0.15) is 90.5 Å². The molecule has 2 aromatic carbocycles. The lowest BCUT2D eigenvalue weighted by molar-refractivity contribution is -0.146. The predicted molar refractivity (Wildman–Crippen MR) is 174 cm³/mol. The highest BCUT2D eigenvalue weighted by atomic mass is 16.6. The van der Waals surface area contributed by atoms with Gasteiger partial charge in [-0.3, -0.25) is 14.4 Å². The summed E-state index contributed by atoms with van der Waals surface area (Å²) in [5.74, 6) is -0.916. The van der Waals surface area contributed by atoms with E-state index in [1.54, 1.807) is 44.7 Å². The van der Waals surface area contributed by atoms with Gasteiger partial charge in [0.1, 0.15) is 23.4 Å². The van der Waals surface area contributed by atoms with Crippen LogP contribution in [0.15, 0.2) is 48.5 Å². The van der Waals surface area contributed by atoms with E-state index in [9.17, 15) is 24.3 Å². The molecule has 10 heteroatoms. The van der Waals surface area contributed by atoms with Gasteiger partial charge in [0, 0.05) is 19.0 Å². The molecule has 0 aliphatic rings. The third-order valence-electron chi connectivity index (χ3n) is 7.11. The summed E-state index contributed by atoms with van der Waals surface area (Å²) in [5.41, 5.74) is 1.48. The molecule has 3 unspecified atom stereocenters. The van der Waals surface area contributed by atoms with Gasteiger partial charge < -0.3 is 30.1 Å². The molecule has 2 rings (SSSR count). The number of aromatic hydroxyl groups is 1. The zero-order valence-electron chi connectivity index (χ0n) is 28.0. The van der Waals surface area contributed by atoms with E-state index in [-0.39, 0.29) is 31.7 Å². The summed E-state index contributed by atoms with van der Waals surface area (Å²) in [6.07, 6.45) is 0.732. The molecule has 3 N–H and O–H groups in total. The summed E-state index contributed by atoms with van der Waals surface area (Å²) in [6, 6.07) is 11.2. The fourth-order valence-electron chi connectivity index (χ4n) is 4.81. The lowest BCUT2D eigenvalue weighted by atomic mass is 9.95. The lowest BCUT2D eigenvalue weighted by Gasteiger charge is -2.39. The minimum absolute atomic E-state index is 0.0132. The Bertz CT molecular complexity index is 1250. The molecule has 0 bridgehead atoms. The first kappa shape index (κ1) is 37.1. The van der Waals surface area contributed by atoms with E-state index in [2.05, 4.69) is 24.5 Å². The Morgan fingerprint density at radius 3 is 2.11 bits per heavy atom. The second-order valence-electron chi connectivity index (χ2n) is 12.8. The lowest BCUT2D eigenvalue weighted by Crippen LogP contribution is -2.56. The van der Waals surface area contributed by atoms with Crippen molar-refractivity contribution in [2.24, 2.45) is 5.92 Å². The number of benzene rings is 2. The van der Waals surface area contributed by atoms with Gasteiger partial charge in [-0.05, 0) is 83.6 Å². The monoisotopic (exact) mass is 625 g/mol. The quantitative estimate of drug-likeness (QED) is 0.219. The first-order valence-corrected chi connectivity index (χ1v) is 15.7. The second-order valence-corrected chi connectivity index (χ2v) is 12.8. The van der Waals surface area contributed by atoms with Crippen LogP contribution in [-0.4, -0.2) is 64.7 Å². The van der Waals surface area contributed by atoms with Gasteiger partial charge in [0.05, 0.1) is 13.0 Å². The van der Waals surface area contributed by atoms with Gasteiger partial charge >= 0.3 is 12.1 Å². The molecule has 3 atom stereocenters. The molecule has 0 radical (unpaired) electrons. The minimum atomic E-state index is -1.09. The van der Waals surface area contributed by atoms with Crippen molar-refractivity contribution in [2.45, 2.75) is 105 Å². The van der Waals surface area contributed by atoms with Gasteiger partial charge in [-0.15, -0.1) is 0 Å². The molecule has 0 fully saturated rings. The average Bonchev–Trinajstić information content (AvgIpc) is 2.94. The van der Waals surface area contributed by atoms with Crippen molar-refractivity contribution in [3.8, 4) is 5.75 Å². The maximum atomic E-state index is 14.7. The van der Waals surface area contributed by atoms with E-state index < -0.39 is 47.6 Å². The molecule has 0 saturated heterocycles. The molecule has 0 aliphatic heterocycles. The number of hydrogen-bond acceptors (Lipinski definition) is 7. The first-order chi connectivity index (χ1) is 21.1. The zero-order valence-corrected chi connectivity index (χ0v) is 28.0. The Morgan fingerprint density at radius 1 is 0.933 bits per heavy atom. The number of phenolic OH excluding ortho intramolecular Hbond substituents is 1. The number of hydrogen-bond donors (Lipinski definition) is 3. The normalized spacial score (nSPS) is 13.4. The topological polar surface area (TPSA) is 134 Å². The highest BCUT2D eigenvalue weighted by molar-refractivity contribution is 5.92. The summed E-state index contributed by atoms with van der Waals surface area (Å²) in [7, 11) is 0. The van der Waals surface area contributed by atoms with Crippen LogP contribution in [0.2, 0.25) is 0 Å². The highest BCUT2D eigenvalue weighted by Gasteiger charge is 2.39. The largest absolute Gasteiger partial charge is 0.508 e. The number of nitrogens with one attached hydrogen (secondary N) is 2. The van der Waals surface area contributed by atoms with Crippen molar-refractivity contribution >= 4 is 23.9 Å². The van der Waals surface area contributed by atoms with Crippen molar-refractivity contribution < 1.29 is 33.8 Å². The molecule has 0 saturated carbocycles. The molecule has 10 nitrogen and oxygen atoms in total. The number of aryl methyl sites for hydroxylation is 1. The molecule has 45 heavy (non-hydrogen) atoms. The molecule has 2 aromatic rings. The van der Waals surface area contributed by atoms with Crippen LogP contribution in [0.3, 0.4) is 0 Å². The van der Waals surface area contributed by atoms with Crippen molar-refractivity contribution in [3.05, 3.63) is 65.2 Å². The SMILES string of the molecule is CCOC(=O)CCNC(=O)C(c1ccc(C)cc1)N(C(=O)C(Cc1ccc(O)cc1)NC(=O)OC(C)(C)C)C(C)CCC(C)C. The van der Waals surface area contributed by atoms with Gasteiger partial charge in [-0.25, -0.2) is 4.79 Å². The Kier molecular flexibility index (Phi) is 14.4. The number of carbonyl (C=O) groups is 4. The van der Waals surface area contributed by atoms with Gasteiger partial charge in [0.15, 0.2) is 0 Å². The van der Waals surface area contributed by atoms with E-state index >= 15 is 0 Å². The summed E-state index contributed by atoms with van der Waals surface area (Å²) in [5, 5.41) is 15.4. The maximum Gasteiger partial charge on any atom is 0.408 e. The molecule has 0 aliphatic carbocycles. The van der Waals surface area contributed by atoms with Crippen LogP contribution in [0, 0.1) is 12.8 Å². The minimum Gasteiger partial charge on any atom is -0.508 e. The highest BCUT2D eigenvalue weighted by Crippen LogP contribution is 2.28. The first-order valence-electron chi connectivity index (χ1n) is 15.7. The van der Waals surface area contributed by atoms with E-state index in [1.807, 2.05) is 38.1 Å². The molecule has 0 aromatic heterocycles. The molecular formula is C35H51N3O7. The van der Waals surface area contributed by atoms with E-state index in [0.29, 0.717) is 23.5 Å². The van der Waals surface area contributed by atoms with Crippen LogP contribution in [0.25, 0.3) is 0 Å². The molecular weight excluding hydrogens is 574 g/mol. The summed E-state index contributed by atoms with van der Waals surface area (Å²) < 4.78 is 10.5. The zero-order chi connectivity index (χ0) is 33.7. The standard InChI is InChI=1S/C35H51N3O7/c1-9-44-30(40)20-21-36-32(41)31(27-16-11-24(4)12-17-27)38(25(5)13-10-23(2)3)33(42)29(37-34(43)45-35(6,7)8)22-26-14-18-28(39)19-15-26/h11-12,14-19,23,25,29,31,39H,9-10,13,20-22H2,1-8H3,(H,36,41)(H,37,43). The van der Waals surface area contributed by atoms with E-state index in [1.165, 1.54) is 12.1 Å². The molecule has 0 spiro atoms. The molecule has 3 amide bonds. The number of rotatable bonds is 15. The van der Waals surface area contributed by atoms with Crippen LogP contribution in [-0.2, 0) is 30.3 Å². The number of carbonyl (C=O) groups excluding carboxylic acids is 4. The third kappa shape index (κ3) is 12.8. The number of phenols is 1. The maximum absolute atomic E-state index is 14.7. The number of esters is 1. The van der Waals surface area contributed by atoms with Gasteiger partial charge in [0.25, 0.3) is 0 Å². The summed E-state index contributed by atoms with van der Waals surface area (Å²) >= 11 is 0. The third-order valence-corrected chi connectivity index (χ3v) is 7.11. The Balaban J connectivity index is 2.60. The van der Waals surface area contributed by atoms with Crippen molar-refractivity contribution in [3.63, 3.8) is 0 Å². The Morgan fingerprint density at radius 2 is 1.56 bits per heavy atom. The van der Waals surface area contributed by atoms with Crippen molar-refractivity contribution in [1.29, 1.82) is 0 Å². The number of alkyl carbamates (subject to hydrolysis) is 1. The molecule has 248 valence electrons. The van der Waals surface area contributed by atoms with Crippen molar-refractivity contribution in [1.82, 2.24) is 15.5 Å². The number of nitrogens with zero attached hydrogens (tertiary/aromatic N) is 1. The van der Waals surface area contributed by atoms with E-state index in [0.717, 1.165) is 12.0 Å². The fourth-order valence-corrected chi connectivity index (χ4v) is 4.81. The second kappa shape index (κ2) is 17.4. The summed E-state index contributed by atoms with van der Waals surface area (Å²) in [6.45, 7) is 15.2. The summed E-state index contributed by atoms with van der Waals surface area (Å²) in [4.78, 5) is 55.3. The van der Waals surface area contributed by atoms with Crippen LogP contribution in [0.5, 0.6) is 5.75 Å². The van der Waals surface area contributed by atoms with Crippen molar-refractivity contribution in [2.75, 3.05) is 13.2 Å². The Labute approximate surface area is 267 Å². The number of ether oxygens (including phenoxy) is 2. The number of amides is 3. The predicted octanol–water partition coefficient (Wildman–Crippen LogP) is 5.60. The average molecular weight is 626 g/mol. The van der Waals surface area contributed by atoms with E-state index in [4.69, 9.17) is 9.47 Å². The Hall–Kier alpha value is -4.08. The van der Waals surface area contributed by atoms with Gasteiger partial charge in [0.2, 0.25) is 11.8 Å². The smallest absolute Gasteiger partial charge is 0.408 e. The van der Waals surface area contributed by atoms with Crippen LogP contribution in [0.4, 0.5) is 4.79 Å². The fraction of sp³-hybridized carbons (Fsp3) is 0.543.